The molecule has 0 spiro atoms. The van der Waals surface area contributed by atoms with Crippen molar-refractivity contribution in [2.45, 2.75) is 0 Å². The maximum Gasteiger partial charge on any atom is 0.167 e. The van der Waals surface area contributed by atoms with Crippen LogP contribution in [0.4, 0.5) is 0 Å². The van der Waals surface area contributed by atoms with Crippen LogP contribution in [0.2, 0.25) is 0 Å². The molecule has 0 aliphatic heterocycles. The highest BCUT2D eigenvalue weighted by atomic mass is 16.5. The number of hydrogen-bond acceptors (Lipinski definition) is 5. The maximum atomic E-state index is 8.88. The van der Waals surface area contributed by atoms with Gasteiger partial charge in [0.15, 0.2) is 5.76 Å². The molecule has 0 aliphatic rings. The second kappa shape index (κ2) is 4.70. The summed E-state index contributed by atoms with van der Waals surface area (Å²) in [5.74, 6) is 0.607. The number of rotatable bonds is 2. The van der Waals surface area contributed by atoms with E-state index < -0.39 is 0 Å². The molecule has 5 heteroatoms. The van der Waals surface area contributed by atoms with E-state index in [9.17, 15) is 0 Å². The summed E-state index contributed by atoms with van der Waals surface area (Å²) >= 11 is 0. The number of nitriles is 1. The van der Waals surface area contributed by atoms with Crippen LogP contribution < -0.4 is 0 Å². The molecule has 3 rings (SSSR count). The molecule has 0 radical (unpaired) electrons. The molecule has 0 aliphatic carbocycles. The van der Waals surface area contributed by atoms with Crippen molar-refractivity contribution in [3.8, 4) is 28.7 Å². The average Bonchev–Trinajstić information content (AvgIpc) is 2.98. The molecular formula is C14H8N4O. The maximum absolute atomic E-state index is 8.88. The topological polar surface area (TPSA) is 75.6 Å². The van der Waals surface area contributed by atoms with Crippen LogP contribution in [0.15, 0.2) is 53.6 Å². The van der Waals surface area contributed by atoms with Crippen LogP contribution in [0.3, 0.4) is 0 Å². The summed E-state index contributed by atoms with van der Waals surface area (Å²) in [6, 6.07) is 11.1. The quantitative estimate of drug-likeness (QED) is 0.696. The van der Waals surface area contributed by atoms with E-state index >= 15 is 0 Å². The van der Waals surface area contributed by atoms with Gasteiger partial charge in [-0.3, -0.25) is 0 Å². The summed E-state index contributed by atoms with van der Waals surface area (Å²) < 4.78 is 5.29. The second-order valence-corrected chi connectivity index (χ2v) is 3.90. The Hall–Kier alpha value is -3.00. The van der Waals surface area contributed by atoms with Gasteiger partial charge in [-0.2, -0.15) is 5.26 Å². The van der Waals surface area contributed by atoms with Crippen LogP contribution in [0.1, 0.15) is 5.56 Å². The number of nitrogens with zero attached hydrogens (tertiary/aromatic N) is 4. The third-order valence-corrected chi connectivity index (χ3v) is 2.64. The third kappa shape index (κ3) is 2.19. The van der Waals surface area contributed by atoms with E-state index in [4.69, 9.17) is 9.78 Å². The Balaban J connectivity index is 2.00. The summed E-state index contributed by atoms with van der Waals surface area (Å²) in [7, 11) is 0. The van der Waals surface area contributed by atoms with E-state index in [1.54, 1.807) is 30.6 Å². The Bertz CT molecular complexity index is 743. The van der Waals surface area contributed by atoms with Gasteiger partial charge in [0.05, 0.1) is 11.6 Å². The molecule has 1 aromatic carbocycles. The van der Waals surface area contributed by atoms with E-state index in [0.717, 1.165) is 11.1 Å². The first-order chi connectivity index (χ1) is 9.36. The Morgan fingerprint density at radius 3 is 2.68 bits per heavy atom. The molecule has 0 saturated heterocycles. The molecule has 3 aromatic rings. The van der Waals surface area contributed by atoms with Crippen molar-refractivity contribution in [2.75, 3.05) is 0 Å². The summed E-state index contributed by atoms with van der Waals surface area (Å²) in [6.45, 7) is 0. The highest BCUT2D eigenvalue weighted by Gasteiger charge is 2.09. The highest BCUT2D eigenvalue weighted by molar-refractivity contribution is 5.66. The zero-order chi connectivity index (χ0) is 13.1. The van der Waals surface area contributed by atoms with Gasteiger partial charge in [0, 0.05) is 29.6 Å². The lowest BCUT2D eigenvalue weighted by atomic mass is 10.1. The molecule has 2 aromatic heterocycles. The lowest BCUT2D eigenvalue weighted by Gasteiger charge is -1.94. The van der Waals surface area contributed by atoms with Crippen molar-refractivity contribution < 1.29 is 4.52 Å². The summed E-state index contributed by atoms with van der Waals surface area (Å²) in [4.78, 5) is 7.87. The van der Waals surface area contributed by atoms with Gasteiger partial charge in [0.2, 0.25) is 0 Å². The molecule has 0 N–H and O–H groups in total. The molecule has 0 fully saturated rings. The molecule has 0 amide bonds. The minimum Gasteiger partial charge on any atom is -0.356 e. The standard InChI is InChI=1S/C14H8N4O/c15-6-10-2-1-3-11(4-10)14-5-13(18-19-14)12-7-16-9-17-8-12/h1-5,7-9H. The Morgan fingerprint density at radius 1 is 1.05 bits per heavy atom. The lowest BCUT2D eigenvalue weighted by molar-refractivity contribution is 0.435. The van der Waals surface area contributed by atoms with Crippen LogP contribution in [0, 0.1) is 11.3 Å². The monoisotopic (exact) mass is 248 g/mol. The minimum absolute atomic E-state index is 0.582. The Labute approximate surface area is 109 Å². The number of hydrogen-bond donors (Lipinski definition) is 0. The molecular weight excluding hydrogens is 240 g/mol. The van der Waals surface area contributed by atoms with Crippen molar-refractivity contribution in [3.05, 3.63) is 54.6 Å². The molecule has 2 heterocycles. The molecule has 0 unspecified atom stereocenters. The zero-order valence-corrected chi connectivity index (χ0v) is 9.82. The third-order valence-electron chi connectivity index (χ3n) is 2.64. The fraction of sp³-hybridized carbons (Fsp3) is 0. The van der Waals surface area contributed by atoms with Crippen molar-refractivity contribution in [1.82, 2.24) is 15.1 Å². The molecule has 0 bridgehead atoms. The van der Waals surface area contributed by atoms with Gasteiger partial charge >= 0.3 is 0 Å². The van der Waals surface area contributed by atoms with E-state index in [0.29, 0.717) is 17.0 Å². The molecule has 0 saturated carbocycles. The van der Waals surface area contributed by atoms with Crippen LogP contribution in [0.25, 0.3) is 22.6 Å². The number of benzene rings is 1. The van der Waals surface area contributed by atoms with E-state index in [-0.39, 0.29) is 0 Å². The average molecular weight is 248 g/mol. The Kier molecular flexibility index (Phi) is 2.75. The van der Waals surface area contributed by atoms with Crippen LogP contribution in [-0.2, 0) is 0 Å². The molecule has 5 nitrogen and oxygen atoms in total. The SMILES string of the molecule is N#Cc1cccc(-c2cc(-c3cncnc3)no2)c1. The van der Waals surface area contributed by atoms with Crippen molar-refractivity contribution in [1.29, 1.82) is 5.26 Å². The van der Waals surface area contributed by atoms with Gasteiger partial charge in [0.1, 0.15) is 12.0 Å². The van der Waals surface area contributed by atoms with Gasteiger partial charge in [-0.05, 0) is 12.1 Å². The predicted octanol–water partition coefficient (Wildman–Crippen LogP) is 2.67. The van der Waals surface area contributed by atoms with Gasteiger partial charge < -0.3 is 4.52 Å². The van der Waals surface area contributed by atoms with Gasteiger partial charge in [-0.1, -0.05) is 17.3 Å². The summed E-state index contributed by atoms with van der Waals surface area (Å²) in [5, 5.41) is 12.9. The van der Waals surface area contributed by atoms with Gasteiger partial charge in [-0.15, -0.1) is 0 Å². The van der Waals surface area contributed by atoms with Crippen LogP contribution in [-0.4, -0.2) is 15.1 Å². The minimum atomic E-state index is 0.582. The van der Waals surface area contributed by atoms with Gasteiger partial charge in [0.25, 0.3) is 0 Å². The van der Waals surface area contributed by atoms with E-state index in [1.807, 2.05) is 12.1 Å². The lowest BCUT2D eigenvalue weighted by Crippen LogP contribution is -1.80. The molecule has 19 heavy (non-hydrogen) atoms. The summed E-state index contributed by atoms with van der Waals surface area (Å²) in [6.07, 6.45) is 4.79. The normalized spacial score (nSPS) is 10.1. The van der Waals surface area contributed by atoms with Gasteiger partial charge in [-0.25, -0.2) is 9.97 Å². The first-order valence-corrected chi connectivity index (χ1v) is 5.59. The number of aromatic nitrogens is 3. The second-order valence-electron chi connectivity index (χ2n) is 3.90. The van der Waals surface area contributed by atoms with Crippen LogP contribution >= 0.6 is 0 Å². The first kappa shape index (κ1) is 11.1. The fourth-order valence-electron chi connectivity index (χ4n) is 1.72. The summed E-state index contributed by atoms with van der Waals surface area (Å²) in [5.41, 5.74) is 2.85. The fourth-order valence-corrected chi connectivity index (χ4v) is 1.72. The zero-order valence-electron chi connectivity index (χ0n) is 9.82. The largest absolute Gasteiger partial charge is 0.356 e. The predicted molar refractivity (Wildman–Crippen MR) is 67.7 cm³/mol. The molecule has 0 atom stereocenters. The van der Waals surface area contributed by atoms with Crippen LogP contribution in [0.5, 0.6) is 0 Å². The molecule has 90 valence electrons. The Morgan fingerprint density at radius 2 is 1.89 bits per heavy atom. The van der Waals surface area contributed by atoms with E-state index in [1.165, 1.54) is 6.33 Å². The van der Waals surface area contributed by atoms with Crippen molar-refractivity contribution >= 4 is 0 Å². The highest BCUT2D eigenvalue weighted by Crippen LogP contribution is 2.25. The van der Waals surface area contributed by atoms with E-state index in [2.05, 4.69) is 21.2 Å². The van der Waals surface area contributed by atoms with Crippen molar-refractivity contribution in [2.24, 2.45) is 0 Å². The smallest absolute Gasteiger partial charge is 0.167 e. The first-order valence-electron chi connectivity index (χ1n) is 5.59. The van der Waals surface area contributed by atoms with Crippen molar-refractivity contribution in [3.63, 3.8) is 0 Å².